The first kappa shape index (κ1) is 19.4. The summed E-state index contributed by atoms with van der Waals surface area (Å²) in [5, 5.41) is 2.79. The Kier molecular flexibility index (Phi) is 6.21. The highest BCUT2D eigenvalue weighted by atomic mass is 35.5. The van der Waals surface area contributed by atoms with Crippen LogP contribution in [0.4, 0.5) is 14.5 Å². The number of anilines is 1. The summed E-state index contributed by atoms with van der Waals surface area (Å²) in [4.78, 5) is 11.2. The number of para-hydroxylation sites is 1. The number of hydrogen-bond acceptors (Lipinski definition) is 4. The van der Waals surface area contributed by atoms with Gasteiger partial charge in [0, 0.05) is 5.02 Å². The Bertz CT molecular complexity index is 891. The van der Waals surface area contributed by atoms with E-state index in [1.807, 2.05) is 0 Å². The number of rotatable bonds is 6. The molecule has 1 amide bonds. The van der Waals surface area contributed by atoms with Gasteiger partial charge in [-0.15, -0.1) is 0 Å². The van der Waals surface area contributed by atoms with Crippen molar-refractivity contribution < 1.29 is 26.7 Å². The minimum Gasteiger partial charge on any atom is -0.482 e. The molecule has 0 spiro atoms. The van der Waals surface area contributed by atoms with Gasteiger partial charge in [0.15, 0.2) is 6.61 Å². The first-order chi connectivity index (χ1) is 11.7. The van der Waals surface area contributed by atoms with E-state index in [4.69, 9.17) is 27.9 Å². The summed E-state index contributed by atoms with van der Waals surface area (Å²) in [5.74, 6) is -4.16. The van der Waals surface area contributed by atoms with E-state index < -0.39 is 33.0 Å². The third-order valence-corrected chi connectivity index (χ3v) is 4.92. The molecular formula is C15H11Cl2F2NO4S. The molecule has 25 heavy (non-hydrogen) atoms. The zero-order chi connectivity index (χ0) is 18.6. The number of halogens is 4. The second-order valence-electron chi connectivity index (χ2n) is 4.71. The largest absolute Gasteiger partial charge is 0.482 e. The number of nitrogens with one attached hydrogen (secondary N) is 1. The van der Waals surface area contributed by atoms with Crippen LogP contribution >= 0.6 is 23.2 Å². The van der Waals surface area contributed by atoms with Crippen LogP contribution < -0.4 is 10.1 Å². The molecule has 0 bridgehead atoms. The Morgan fingerprint density at radius 3 is 2.48 bits per heavy atom. The third-order valence-electron chi connectivity index (χ3n) is 2.95. The normalized spacial score (nSPS) is 11.4. The number of hydrogen-bond donors (Lipinski definition) is 1. The minimum absolute atomic E-state index is 0.181. The van der Waals surface area contributed by atoms with Crippen LogP contribution in [0.1, 0.15) is 0 Å². The van der Waals surface area contributed by atoms with Crippen LogP contribution in [0, 0.1) is 0 Å². The second-order valence-corrected chi connectivity index (χ2v) is 7.44. The van der Waals surface area contributed by atoms with Gasteiger partial charge in [-0.1, -0.05) is 35.3 Å². The maximum Gasteiger partial charge on any atom is 0.341 e. The molecule has 0 aliphatic carbocycles. The first-order valence-corrected chi connectivity index (χ1v) is 9.01. The topological polar surface area (TPSA) is 72.5 Å². The summed E-state index contributed by atoms with van der Waals surface area (Å²) in [7, 11) is -4.86. The highest BCUT2D eigenvalue weighted by Gasteiger charge is 2.29. The lowest BCUT2D eigenvalue weighted by Gasteiger charge is -2.12. The van der Waals surface area contributed by atoms with Crippen molar-refractivity contribution in [2.45, 2.75) is 10.7 Å². The summed E-state index contributed by atoms with van der Waals surface area (Å²) in [6.45, 7) is -0.510. The summed E-state index contributed by atoms with van der Waals surface area (Å²) in [6.07, 6.45) is 0. The molecule has 0 aliphatic rings. The standard InChI is InChI=1S/C15H11Cl2F2NO4S/c16-9-5-6-12(10(17)7-9)24-8-14(21)20-11-3-1-2-4-13(11)25(22,23)15(18)19/h1-7,15H,8H2,(H,20,21). The number of alkyl halides is 2. The van der Waals surface area contributed by atoms with E-state index in [1.165, 1.54) is 36.4 Å². The number of carbonyl (C=O) groups excluding carboxylic acids is 1. The predicted octanol–water partition coefficient (Wildman–Crippen LogP) is 4.01. The van der Waals surface area contributed by atoms with E-state index in [0.29, 0.717) is 5.02 Å². The molecule has 0 saturated heterocycles. The molecule has 10 heteroatoms. The van der Waals surface area contributed by atoms with Crippen molar-refractivity contribution >= 4 is 44.6 Å². The van der Waals surface area contributed by atoms with Crippen LogP contribution in [0.25, 0.3) is 0 Å². The Morgan fingerprint density at radius 2 is 1.84 bits per heavy atom. The van der Waals surface area contributed by atoms with Gasteiger partial charge in [0.25, 0.3) is 5.91 Å². The first-order valence-electron chi connectivity index (χ1n) is 6.70. The van der Waals surface area contributed by atoms with E-state index in [2.05, 4.69) is 5.32 Å². The monoisotopic (exact) mass is 409 g/mol. The van der Waals surface area contributed by atoms with Crippen LogP contribution in [0.5, 0.6) is 5.75 Å². The maximum atomic E-state index is 12.7. The fraction of sp³-hybridized carbons (Fsp3) is 0.133. The highest BCUT2D eigenvalue weighted by molar-refractivity contribution is 7.91. The van der Waals surface area contributed by atoms with Crippen molar-refractivity contribution in [3.8, 4) is 5.75 Å². The van der Waals surface area contributed by atoms with Crippen molar-refractivity contribution in [1.82, 2.24) is 0 Å². The number of sulfone groups is 1. The van der Waals surface area contributed by atoms with Crippen molar-refractivity contribution in [2.75, 3.05) is 11.9 Å². The highest BCUT2D eigenvalue weighted by Crippen LogP contribution is 2.28. The van der Waals surface area contributed by atoms with Crippen LogP contribution in [0.3, 0.4) is 0 Å². The molecule has 2 rings (SSSR count). The predicted molar refractivity (Wildman–Crippen MR) is 90.2 cm³/mol. The third kappa shape index (κ3) is 4.81. The average Bonchev–Trinajstić information content (AvgIpc) is 2.54. The van der Waals surface area contributed by atoms with Gasteiger partial charge < -0.3 is 10.1 Å². The summed E-state index contributed by atoms with van der Waals surface area (Å²) in [6, 6.07) is 9.22. The molecule has 0 aliphatic heterocycles. The van der Waals surface area contributed by atoms with Gasteiger partial charge in [-0.2, -0.15) is 8.78 Å². The van der Waals surface area contributed by atoms with E-state index in [0.717, 1.165) is 6.07 Å². The molecule has 0 atom stereocenters. The fourth-order valence-corrected chi connectivity index (χ4v) is 3.18. The molecular weight excluding hydrogens is 399 g/mol. The molecule has 2 aromatic rings. The van der Waals surface area contributed by atoms with Crippen LogP contribution in [0.2, 0.25) is 10.0 Å². The van der Waals surface area contributed by atoms with Crippen LogP contribution in [-0.2, 0) is 14.6 Å². The molecule has 0 fully saturated rings. The molecule has 0 aromatic heterocycles. The summed E-state index contributed by atoms with van der Waals surface area (Å²) < 4.78 is 53.9. The molecule has 1 N–H and O–H groups in total. The Labute approximate surface area is 152 Å². The molecule has 5 nitrogen and oxygen atoms in total. The van der Waals surface area contributed by atoms with Gasteiger partial charge >= 0.3 is 5.76 Å². The Morgan fingerprint density at radius 1 is 1.16 bits per heavy atom. The van der Waals surface area contributed by atoms with Crippen molar-refractivity contribution in [1.29, 1.82) is 0 Å². The molecule has 134 valence electrons. The van der Waals surface area contributed by atoms with Crippen molar-refractivity contribution in [3.05, 3.63) is 52.5 Å². The maximum absolute atomic E-state index is 12.7. The van der Waals surface area contributed by atoms with Gasteiger partial charge in [0.2, 0.25) is 9.84 Å². The number of carbonyl (C=O) groups is 1. The van der Waals surface area contributed by atoms with E-state index in [9.17, 15) is 22.0 Å². The lowest BCUT2D eigenvalue weighted by molar-refractivity contribution is -0.118. The quantitative estimate of drug-likeness (QED) is 0.781. The fourth-order valence-electron chi connectivity index (χ4n) is 1.84. The zero-order valence-electron chi connectivity index (χ0n) is 12.4. The van der Waals surface area contributed by atoms with Gasteiger partial charge in [0.1, 0.15) is 5.75 Å². The number of benzene rings is 2. The molecule has 0 heterocycles. The zero-order valence-corrected chi connectivity index (χ0v) is 14.7. The minimum atomic E-state index is -4.86. The van der Waals surface area contributed by atoms with E-state index in [-0.39, 0.29) is 16.5 Å². The summed E-state index contributed by atoms with van der Waals surface area (Å²) >= 11 is 11.6. The second kappa shape index (κ2) is 7.99. The lowest BCUT2D eigenvalue weighted by atomic mass is 10.3. The SMILES string of the molecule is O=C(COc1ccc(Cl)cc1Cl)Nc1ccccc1S(=O)(=O)C(F)F. The average molecular weight is 410 g/mol. The van der Waals surface area contributed by atoms with Gasteiger partial charge in [-0.3, -0.25) is 4.79 Å². The van der Waals surface area contributed by atoms with Gasteiger partial charge in [-0.25, -0.2) is 8.42 Å². The van der Waals surface area contributed by atoms with Crippen molar-refractivity contribution in [3.63, 3.8) is 0 Å². The number of ether oxygens (including phenoxy) is 1. The van der Waals surface area contributed by atoms with Crippen molar-refractivity contribution in [2.24, 2.45) is 0 Å². The lowest BCUT2D eigenvalue weighted by Crippen LogP contribution is -2.22. The molecule has 0 radical (unpaired) electrons. The van der Waals surface area contributed by atoms with Crippen LogP contribution in [-0.4, -0.2) is 26.7 Å². The Balaban J connectivity index is 2.11. The molecule has 2 aromatic carbocycles. The van der Waals surface area contributed by atoms with E-state index >= 15 is 0 Å². The molecule has 0 unspecified atom stereocenters. The van der Waals surface area contributed by atoms with Gasteiger partial charge in [-0.05, 0) is 30.3 Å². The number of amides is 1. The van der Waals surface area contributed by atoms with E-state index in [1.54, 1.807) is 0 Å². The van der Waals surface area contributed by atoms with Crippen LogP contribution in [0.15, 0.2) is 47.4 Å². The molecule has 0 saturated carbocycles. The smallest absolute Gasteiger partial charge is 0.341 e. The Hall–Kier alpha value is -1.90. The van der Waals surface area contributed by atoms with Gasteiger partial charge in [0.05, 0.1) is 15.6 Å². The summed E-state index contributed by atoms with van der Waals surface area (Å²) in [5.41, 5.74) is -0.265.